The van der Waals surface area contributed by atoms with Crippen molar-refractivity contribution in [3.05, 3.63) is 47.4 Å². The SMILES string of the molecule is Cc1cnnc(-c2ccc(C(=O)O)c(F)c2)c1. The number of halogens is 1. The molecule has 86 valence electrons. The summed E-state index contributed by atoms with van der Waals surface area (Å²) in [5.41, 5.74) is 1.57. The minimum atomic E-state index is -1.29. The van der Waals surface area contributed by atoms with Crippen LogP contribution in [0.25, 0.3) is 11.3 Å². The molecular weight excluding hydrogens is 223 g/mol. The molecule has 0 saturated carbocycles. The van der Waals surface area contributed by atoms with Gasteiger partial charge in [0.1, 0.15) is 5.82 Å². The predicted octanol–water partition coefficient (Wildman–Crippen LogP) is 2.29. The maximum absolute atomic E-state index is 13.5. The van der Waals surface area contributed by atoms with Gasteiger partial charge < -0.3 is 5.11 Å². The number of benzene rings is 1. The smallest absolute Gasteiger partial charge is 0.338 e. The highest BCUT2D eigenvalue weighted by molar-refractivity contribution is 5.88. The topological polar surface area (TPSA) is 63.1 Å². The number of hydrogen-bond donors (Lipinski definition) is 1. The molecule has 0 aliphatic heterocycles. The van der Waals surface area contributed by atoms with Crippen molar-refractivity contribution in [3.8, 4) is 11.3 Å². The summed E-state index contributed by atoms with van der Waals surface area (Å²) in [6.45, 7) is 1.85. The Bertz CT molecular complexity index is 584. The summed E-state index contributed by atoms with van der Waals surface area (Å²) in [6.07, 6.45) is 1.59. The minimum Gasteiger partial charge on any atom is -0.478 e. The second-order valence-electron chi connectivity index (χ2n) is 3.62. The van der Waals surface area contributed by atoms with Crippen LogP contribution in [0.2, 0.25) is 0 Å². The van der Waals surface area contributed by atoms with Crippen molar-refractivity contribution in [2.75, 3.05) is 0 Å². The van der Waals surface area contributed by atoms with Gasteiger partial charge in [-0.05, 0) is 30.7 Å². The van der Waals surface area contributed by atoms with Gasteiger partial charge in [-0.2, -0.15) is 10.2 Å². The van der Waals surface area contributed by atoms with E-state index in [1.807, 2.05) is 6.92 Å². The second kappa shape index (κ2) is 4.29. The van der Waals surface area contributed by atoms with Crippen LogP contribution in [0, 0.1) is 12.7 Å². The third-order valence-corrected chi connectivity index (χ3v) is 2.29. The average molecular weight is 232 g/mol. The number of carboxylic acid groups (broad SMARTS) is 1. The van der Waals surface area contributed by atoms with Crippen LogP contribution >= 0.6 is 0 Å². The number of aromatic nitrogens is 2. The number of carboxylic acids is 1. The molecule has 0 aliphatic carbocycles. The van der Waals surface area contributed by atoms with Gasteiger partial charge in [-0.1, -0.05) is 6.07 Å². The lowest BCUT2D eigenvalue weighted by Crippen LogP contribution is -2.00. The normalized spacial score (nSPS) is 10.2. The standard InChI is InChI=1S/C12H9FN2O2/c1-7-4-11(15-14-6-7)8-2-3-9(12(16)17)10(13)5-8/h2-6H,1H3,(H,16,17). The Labute approximate surface area is 96.7 Å². The van der Waals surface area contributed by atoms with E-state index in [0.29, 0.717) is 11.3 Å². The Morgan fingerprint density at radius 2 is 2.12 bits per heavy atom. The lowest BCUT2D eigenvalue weighted by Gasteiger charge is -2.03. The van der Waals surface area contributed by atoms with Gasteiger partial charge in [0, 0.05) is 5.56 Å². The Hall–Kier alpha value is -2.30. The molecule has 5 heteroatoms. The number of rotatable bonds is 2. The first-order chi connectivity index (χ1) is 8.08. The van der Waals surface area contributed by atoms with Gasteiger partial charge in [0.05, 0.1) is 17.5 Å². The largest absolute Gasteiger partial charge is 0.478 e. The summed E-state index contributed by atoms with van der Waals surface area (Å²) in [6, 6.07) is 5.63. The molecule has 0 atom stereocenters. The third-order valence-electron chi connectivity index (χ3n) is 2.29. The molecule has 0 saturated heterocycles. The van der Waals surface area contributed by atoms with E-state index in [4.69, 9.17) is 5.11 Å². The van der Waals surface area contributed by atoms with Crippen LogP contribution in [0.15, 0.2) is 30.5 Å². The number of carbonyl (C=O) groups is 1. The molecule has 1 heterocycles. The lowest BCUT2D eigenvalue weighted by molar-refractivity contribution is 0.0692. The van der Waals surface area contributed by atoms with Gasteiger partial charge in [-0.25, -0.2) is 9.18 Å². The van der Waals surface area contributed by atoms with Crippen molar-refractivity contribution in [3.63, 3.8) is 0 Å². The number of nitrogens with zero attached hydrogens (tertiary/aromatic N) is 2. The first-order valence-corrected chi connectivity index (χ1v) is 4.90. The zero-order valence-corrected chi connectivity index (χ0v) is 9.01. The molecule has 0 aliphatic rings. The molecule has 0 spiro atoms. The Morgan fingerprint density at radius 1 is 1.35 bits per heavy atom. The molecular formula is C12H9FN2O2. The van der Waals surface area contributed by atoms with Crippen LogP contribution in [-0.4, -0.2) is 21.3 Å². The highest BCUT2D eigenvalue weighted by Gasteiger charge is 2.11. The molecule has 2 aromatic rings. The summed E-state index contributed by atoms with van der Waals surface area (Å²) in [4.78, 5) is 10.7. The fraction of sp³-hybridized carbons (Fsp3) is 0.0833. The van der Waals surface area contributed by atoms with Crippen molar-refractivity contribution in [1.29, 1.82) is 0 Å². The second-order valence-corrected chi connectivity index (χ2v) is 3.62. The molecule has 0 fully saturated rings. The first-order valence-electron chi connectivity index (χ1n) is 4.90. The van der Waals surface area contributed by atoms with Crippen LogP contribution in [-0.2, 0) is 0 Å². The van der Waals surface area contributed by atoms with Crippen LogP contribution in [0.4, 0.5) is 4.39 Å². The molecule has 17 heavy (non-hydrogen) atoms. The number of aryl methyl sites for hydroxylation is 1. The van der Waals surface area contributed by atoms with E-state index in [9.17, 15) is 9.18 Å². The summed E-state index contributed by atoms with van der Waals surface area (Å²) >= 11 is 0. The van der Waals surface area contributed by atoms with Crippen molar-refractivity contribution < 1.29 is 14.3 Å². The highest BCUT2D eigenvalue weighted by atomic mass is 19.1. The molecule has 1 aromatic carbocycles. The van der Waals surface area contributed by atoms with Crippen molar-refractivity contribution in [2.24, 2.45) is 0 Å². The van der Waals surface area contributed by atoms with Gasteiger partial charge in [0.15, 0.2) is 0 Å². The molecule has 1 N–H and O–H groups in total. The lowest BCUT2D eigenvalue weighted by atomic mass is 10.1. The van der Waals surface area contributed by atoms with Crippen LogP contribution in [0.1, 0.15) is 15.9 Å². The first kappa shape index (κ1) is 11.2. The third kappa shape index (κ3) is 2.28. The quantitative estimate of drug-likeness (QED) is 0.862. The zero-order valence-electron chi connectivity index (χ0n) is 9.01. The van der Waals surface area contributed by atoms with Gasteiger partial charge in [-0.15, -0.1) is 0 Å². The molecule has 0 bridgehead atoms. The monoisotopic (exact) mass is 232 g/mol. The summed E-state index contributed by atoms with van der Waals surface area (Å²) in [5, 5.41) is 16.3. The van der Waals surface area contributed by atoms with E-state index < -0.39 is 11.8 Å². The van der Waals surface area contributed by atoms with E-state index in [1.165, 1.54) is 12.1 Å². The van der Waals surface area contributed by atoms with Crippen molar-refractivity contribution in [1.82, 2.24) is 10.2 Å². The summed E-state index contributed by atoms with van der Waals surface area (Å²) < 4.78 is 13.5. The van der Waals surface area contributed by atoms with E-state index >= 15 is 0 Å². The summed E-state index contributed by atoms with van der Waals surface area (Å²) in [7, 11) is 0. The Morgan fingerprint density at radius 3 is 2.71 bits per heavy atom. The molecule has 0 unspecified atom stereocenters. The average Bonchev–Trinajstić information content (AvgIpc) is 2.28. The highest BCUT2D eigenvalue weighted by Crippen LogP contribution is 2.20. The Balaban J connectivity index is 2.48. The molecule has 2 rings (SSSR count). The molecule has 4 nitrogen and oxygen atoms in total. The van der Waals surface area contributed by atoms with Crippen molar-refractivity contribution >= 4 is 5.97 Å². The molecule has 0 radical (unpaired) electrons. The van der Waals surface area contributed by atoms with E-state index in [-0.39, 0.29) is 5.56 Å². The van der Waals surface area contributed by atoms with Gasteiger partial charge in [0.2, 0.25) is 0 Å². The van der Waals surface area contributed by atoms with Crippen LogP contribution in [0.3, 0.4) is 0 Å². The van der Waals surface area contributed by atoms with Gasteiger partial charge >= 0.3 is 5.97 Å². The number of aromatic carboxylic acids is 1. The van der Waals surface area contributed by atoms with E-state index in [1.54, 1.807) is 12.3 Å². The van der Waals surface area contributed by atoms with E-state index in [0.717, 1.165) is 11.6 Å². The minimum absolute atomic E-state index is 0.352. The Kier molecular flexibility index (Phi) is 2.82. The summed E-state index contributed by atoms with van der Waals surface area (Å²) in [5.74, 6) is -2.07. The van der Waals surface area contributed by atoms with E-state index in [2.05, 4.69) is 10.2 Å². The van der Waals surface area contributed by atoms with Gasteiger partial charge in [0.25, 0.3) is 0 Å². The maximum atomic E-state index is 13.5. The van der Waals surface area contributed by atoms with Crippen LogP contribution in [0.5, 0.6) is 0 Å². The maximum Gasteiger partial charge on any atom is 0.338 e. The fourth-order valence-corrected chi connectivity index (χ4v) is 1.45. The zero-order chi connectivity index (χ0) is 12.4. The fourth-order valence-electron chi connectivity index (χ4n) is 1.45. The predicted molar refractivity (Wildman–Crippen MR) is 59.1 cm³/mol. The molecule has 1 aromatic heterocycles. The van der Waals surface area contributed by atoms with Gasteiger partial charge in [-0.3, -0.25) is 0 Å². The van der Waals surface area contributed by atoms with Crippen molar-refractivity contribution in [2.45, 2.75) is 6.92 Å². The number of hydrogen-bond acceptors (Lipinski definition) is 3. The molecule has 0 amide bonds. The van der Waals surface area contributed by atoms with Crippen LogP contribution < -0.4 is 0 Å².